The van der Waals surface area contributed by atoms with Gasteiger partial charge in [0.15, 0.2) is 0 Å². The molecule has 2 nitrogen and oxygen atoms in total. The molecule has 59 valence electrons. The van der Waals surface area contributed by atoms with Crippen molar-refractivity contribution in [1.29, 1.82) is 0 Å². The van der Waals surface area contributed by atoms with E-state index in [-0.39, 0.29) is 32.7 Å². The molecule has 0 saturated heterocycles. The fraction of sp³-hybridized carbons (Fsp3) is 0.857. The first kappa shape index (κ1) is 17.0. The zero-order valence-corrected chi connectivity index (χ0v) is 9.55. The summed E-state index contributed by atoms with van der Waals surface area (Å²) in [5, 5.41) is 8.47. The van der Waals surface area contributed by atoms with Gasteiger partial charge in [-0.2, -0.15) is 0 Å². The molecule has 0 aliphatic heterocycles. The van der Waals surface area contributed by atoms with Crippen LogP contribution in [0.5, 0.6) is 0 Å². The van der Waals surface area contributed by atoms with Crippen LogP contribution in [0.2, 0.25) is 0 Å². The third-order valence-electron chi connectivity index (χ3n) is 1.09. The van der Waals surface area contributed by atoms with Gasteiger partial charge in [-0.25, -0.2) is 0 Å². The Morgan fingerprint density at radius 1 is 1.50 bits per heavy atom. The maximum atomic E-state index is 8.47. The summed E-state index contributed by atoms with van der Waals surface area (Å²) < 4.78 is 0. The Morgan fingerprint density at radius 3 is 2.00 bits per heavy atom. The van der Waals surface area contributed by atoms with Crippen molar-refractivity contribution < 1.29 is 42.6 Å². The van der Waals surface area contributed by atoms with Crippen LogP contribution in [-0.4, -0.2) is 18.5 Å². The predicted molar refractivity (Wildman–Crippen MR) is 37.9 cm³/mol. The van der Waals surface area contributed by atoms with Crippen molar-refractivity contribution in [3.8, 4) is 0 Å². The number of aliphatic hydroxyl groups excluding tert-OH is 1. The molecule has 0 aromatic carbocycles. The van der Waals surface area contributed by atoms with E-state index in [0.29, 0.717) is 12.5 Å². The second-order valence-electron chi connectivity index (χ2n) is 2.08. The molecule has 0 aliphatic carbocycles. The standard InChI is InChI=1S/C6H14O.CHO.Y/c1-3-4-6(2)5-7;1-2;/h6-7H,3-5H2,1-2H3;1H;/q;-1;. The van der Waals surface area contributed by atoms with Gasteiger partial charge in [-0.3, -0.25) is 6.79 Å². The zero-order valence-electron chi connectivity index (χ0n) is 6.71. The van der Waals surface area contributed by atoms with Gasteiger partial charge in [-0.05, 0) is 12.3 Å². The third kappa shape index (κ3) is 15.9. The van der Waals surface area contributed by atoms with Crippen LogP contribution >= 0.6 is 0 Å². The van der Waals surface area contributed by atoms with Gasteiger partial charge in [0, 0.05) is 39.3 Å². The van der Waals surface area contributed by atoms with Gasteiger partial charge < -0.3 is 9.90 Å². The van der Waals surface area contributed by atoms with E-state index in [4.69, 9.17) is 9.90 Å². The smallest absolute Gasteiger partial charge is 0.0456 e. The molecule has 0 amide bonds. The molecule has 0 spiro atoms. The van der Waals surface area contributed by atoms with Crippen molar-refractivity contribution in [2.24, 2.45) is 5.92 Å². The van der Waals surface area contributed by atoms with Gasteiger partial charge in [0.1, 0.15) is 0 Å². The molecule has 1 atom stereocenters. The van der Waals surface area contributed by atoms with Gasteiger partial charge in [0.05, 0.1) is 0 Å². The third-order valence-corrected chi connectivity index (χ3v) is 1.09. The van der Waals surface area contributed by atoms with Gasteiger partial charge in [-0.1, -0.05) is 20.3 Å². The first-order valence-corrected chi connectivity index (χ1v) is 3.15. The first-order valence-electron chi connectivity index (χ1n) is 3.15. The number of carbonyl (C=O) groups excluding carboxylic acids is 1. The molecule has 0 aliphatic rings. The predicted octanol–water partition coefficient (Wildman–Crippen LogP) is 1.14. The maximum absolute atomic E-state index is 8.47. The Kier molecular flexibility index (Phi) is 27.8. The Morgan fingerprint density at radius 2 is 1.90 bits per heavy atom. The number of hydrogen-bond donors (Lipinski definition) is 1. The van der Waals surface area contributed by atoms with E-state index in [1.807, 2.05) is 0 Å². The summed E-state index contributed by atoms with van der Waals surface area (Å²) >= 11 is 0. The molecule has 1 N–H and O–H groups in total. The molecule has 10 heavy (non-hydrogen) atoms. The Balaban J connectivity index is -0.000000149. The van der Waals surface area contributed by atoms with Crippen LogP contribution in [0.15, 0.2) is 0 Å². The van der Waals surface area contributed by atoms with E-state index in [1.165, 1.54) is 6.42 Å². The quantitative estimate of drug-likeness (QED) is 0.572. The summed E-state index contributed by atoms with van der Waals surface area (Å²) in [6.07, 6.45) is 2.33. The van der Waals surface area contributed by atoms with Crippen LogP contribution < -0.4 is 0 Å². The van der Waals surface area contributed by atoms with Gasteiger partial charge in [0.2, 0.25) is 0 Å². The summed E-state index contributed by atoms with van der Waals surface area (Å²) in [7, 11) is 0. The van der Waals surface area contributed by atoms with Crippen LogP contribution in [0.1, 0.15) is 26.7 Å². The van der Waals surface area contributed by atoms with Gasteiger partial charge in [0.25, 0.3) is 0 Å². The van der Waals surface area contributed by atoms with Gasteiger partial charge in [-0.15, -0.1) is 0 Å². The molecule has 0 fully saturated rings. The van der Waals surface area contributed by atoms with Crippen LogP contribution in [0.25, 0.3) is 0 Å². The van der Waals surface area contributed by atoms with Crippen molar-refractivity contribution in [3.63, 3.8) is 0 Å². The van der Waals surface area contributed by atoms with E-state index in [1.54, 1.807) is 0 Å². The van der Waals surface area contributed by atoms with Crippen molar-refractivity contribution in [2.45, 2.75) is 26.7 Å². The maximum Gasteiger partial charge on any atom is 0.0456 e. The molecule has 0 bridgehead atoms. The zero-order chi connectivity index (χ0) is 7.70. The number of rotatable bonds is 3. The van der Waals surface area contributed by atoms with Crippen LogP contribution in [0.4, 0.5) is 0 Å². The average molecular weight is 220 g/mol. The molecule has 1 unspecified atom stereocenters. The molecular formula is C7H15O2Y-. The largest absolute Gasteiger partial charge is 0.545 e. The fourth-order valence-electron chi connectivity index (χ4n) is 0.584. The Labute approximate surface area is 88.3 Å². The van der Waals surface area contributed by atoms with Crippen LogP contribution in [-0.2, 0) is 37.5 Å². The minimum Gasteiger partial charge on any atom is -0.545 e. The minimum atomic E-state index is 0. The van der Waals surface area contributed by atoms with Crippen LogP contribution in [0.3, 0.4) is 0 Å². The minimum absolute atomic E-state index is 0. The topological polar surface area (TPSA) is 37.3 Å². The van der Waals surface area contributed by atoms with Crippen molar-refractivity contribution in [1.82, 2.24) is 0 Å². The second-order valence-corrected chi connectivity index (χ2v) is 2.08. The van der Waals surface area contributed by atoms with Crippen molar-refractivity contribution in [2.75, 3.05) is 6.61 Å². The fourth-order valence-corrected chi connectivity index (χ4v) is 0.584. The molecular weight excluding hydrogens is 205 g/mol. The summed E-state index contributed by atoms with van der Waals surface area (Å²) in [5.74, 6) is 0.505. The first-order chi connectivity index (χ1) is 4.31. The summed E-state index contributed by atoms with van der Waals surface area (Å²) in [6.45, 7) is 7.78. The molecule has 0 aromatic rings. The van der Waals surface area contributed by atoms with E-state index >= 15 is 0 Å². The van der Waals surface area contributed by atoms with E-state index in [2.05, 4.69) is 20.6 Å². The second kappa shape index (κ2) is 16.4. The molecule has 0 heterocycles. The van der Waals surface area contributed by atoms with Crippen molar-refractivity contribution in [3.05, 3.63) is 0 Å². The normalized spacial score (nSPS) is 10.3. The SMILES string of the molecule is CCCC(C)CO.[CH-]=O.[Y]. The molecule has 0 aromatic heterocycles. The van der Waals surface area contributed by atoms with E-state index < -0.39 is 0 Å². The number of aliphatic hydroxyl groups is 1. The van der Waals surface area contributed by atoms with Gasteiger partial charge >= 0.3 is 0 Å². The van der Waals surface area contributed by atoms with E-state index in [9.17, 15) is 0 Å². The van der Waals surface area contributed by atoms with Crippen molar-refractivity contribution >= 4 is 6.79 Å². The average Bonchev–Trinajstić information content (AvgIpc) is 1.93. The molecule has 1 radical (unpaired) electrons. The Bertz CT molecular complexity index is 50.9. The Hall–Kier alpha value is 0.734. The van der Waals surface area contributed by atoms with E-state index in [0.717, 1.165) is 6.42 Å². The van der Waals surface area contributed by atoms with Crippen LogP contribution in [0, 0.1) is 5.92 Å². The molecule has 0 rings (SSSR count). The summed E-state index contributed by atoms with van der Waals surface area (Å²) in [5.41, 5.74) is 0. The monoisotopic (exact) mass is 220 g/mol. The molecule has 0 saturated carbocycles. The number of hydrogen-bond acceptors (Lipinski definition) is 2. The molecule has 3 heteroatoms. The summed E-state index contributed by atoms with van der Waals surface area (Å²) in [6, 6.07) is 0. The summed E-state index contributed by atoms with van der Waals surface area (Å²) in [4.78, 5) is 7.75.